The molecule has 0 aliphatic carbocycles. The van der Waals surface area contributed by atoms with E-state index >= 15 is 0 Å². The van der Waals surface area contributed by atoms with Gasteiger partial charge in [0.1, 0.15) is 11.6 Å². The summed E-state index contributed by atoms with van der Waals surface area (Å²) in [6.45, 7) is 5.99. The van der Waals surface area contributed by atoms with Crippen molar-refractivity contribution in [2.75, 3.05) is 31.7 Å². The van der Waals surface area contributed by atoms with E-state index in [1.54, 1.807) is 7.11 Å². The van der Waals surface area contributed by atoms with E-state index in [0.717, 1.165) is 30.4 Å². The summed E-state index contributed by atoms with van der Waals surface area (Å²) in [5, 5.41) is 0. The van der Waals surface area contributed by atoms with Crippen molar-refractivity contribution in [1.82, 2.24) is 9.97 Å². The zero-order valence-corrected chi connectivity index (χ0v) is 12.0. The van der Waals surface area contributed by atoms with E-state index in [-0.39, 0.29) is 0 Å². The van der Waals surface area contributed by atoms with E-state index in [0.29, 0.717) is 18.0 Å². The summed E-state index contributed by atoms with van der Waals surface area (Å²) < 4.78 is 5.11. The van der Waals surface area contributed by atoms with Crippen molar-refractivity contribution < 1.29 is 4.74 Å². The molecular weight excluding hydrogens is 248 g/mol. The van der Waals surface area contributed by atoms with Crippen LogP contribution in [0.1, 0.15) is 17.9 Å². The van der Waals surface area contributed by atoms with Crippen molar-refractivity contribution in [1.29, 1.82) is 0 Å². The molecule has 0 aliphatic heterocycles. The number of aromatic nitrogens is 2. The molecule has 2 N–H and O–H groups in total. The number of thiocarbonyl (C=S) groups is 1. The minimum absolute atomic E-state index is 0.514. The lowest BCUT2D eigenvalue weighted by Gasteiger charge is -2.23. The third-order valence-corrected chi connectivity index (χ3v) is 2.67. The molecule has 0 amide bonds. The van der Waals surface area contributed by atoms with Crippen LogP contribution in [0.3, 0.4) is 0 Å². The Kier molecular flexibility index (Phi) is 5.94. The highest BCUT2D eigenvalue weighted by Gasteiger charge is 2.09. The number of aryl methyl sites for hydroxylation is 2. The molecule has 1 heterocycles. The number of anilines is 1. The lowest BCUT2D eigenvalue weighted by Crippen LogP contribution is -2.31. The number of nitrogens with two attached hydrogens (primary N) is 1. The number of nitrogens with zero attached hydrogens (tertiary/aromatic N) is 3. The van der Waals surface area contributed by atoms with Crippen LogP contribution < -0.4 is 10.6 Å². The van der Waals surface area contributed by atoms with Crippen molar-refractivity contribution in [3.05, 3.63) is 17.6 Å². The molecule has 5 nitrogen and oxygen atoms in total. The molecule has 18 heavy (non-hydrogen) atoms. The van der Waals surface area contributed by atoms with Gasteiger partial charge in [-0.25, -0.2) is 9.97 Å². The summed E-state index contributed by atoms with van der Waals surface area (Å²) in [6, 6.07) is 1.96. The number of ether oxygens (including phenoxy) is 1. The zero-order chi connectivity index (χ0) is 13.5. The summed E-state index contributed by atoms with van der Waals surface area (Å²) in [5.74, 6) is 1.66. The van der Waals surface area contributed by atoms with Crippen LogP contribution in [0.4, 0.5) is 5.82 Å². The van der Waals surface area contributed by atoms with Gasteiger partial charge >= 0.3 is 0 Å². The fraction of sp³-hybridized carbons (Fsp3) is 0.583. The van der Waals surface area contributed by atoms with Gasteiger partial charge in [-0.05, 0) is 13.8 Å². The van der Waals surface area contributed by atoms with E-state index in [9.17, 15) is 0 Å². The first-order chi connectivity index (χ1) is 8.52. The molecule has 0 saturated heterocycles. The highest BCUT2D eigenvalue weighted by atomic mass is 32.1. The predicted octanol–water partition coefficient (Wildman–Crippen LogP) is 1.22. The molecule has 1 aromatic rings. The minimum Gasteiger partial charge on any atom is -0.393 e. The largest absolute Gasteiger partial charge is 0.393 e. The van der Waals surface area contributed by atoms with Crippen LogP contribution in [0.25, 0.3) is 0 Å². The number of hydrogen-bond acceptors (Lipinski definition) is 5. The molecule has 100 valence electrons. The van der Waals surface area contributed by atoms with Gasteiger partial charge < -0.3 is 15.4 Å². The molecule has 0 fully saturated rings. The Labute approximate surface area is 113 Å². The second kappa shape index (κ2) is 7.23. The SMILES string of the molecule is COCCN(CCC(N)=S)c1cc(C)nc(C)n1. The van der Waals surface area contributed by atoms with Gasteiger partial charge in [-0.15, -0.1) is 0 Å². The van der Waals surface area contributed by atoms with Gasteiger partial charge in [0.25, 0.3) is 0 Å². The maximum absolute atomic E-state index is 5.55. The van der Waals surface area contributed by atoms with E-state index in [4.69, 9.17) is 22.7 Å². The van der Waals surface area contributed by atoms with E-state index < -0.39 is 0 Å². The van der Waals surface area contributed by atoms with Crippen molar-refractivity contribution >= 4 is 23.0 Å². The number of methoxy groups -OCH3 is 1. The Morgan fingerprint density at radius 2 is 2.11 bits per heavy atom. The van der Waals surface area contributed by atoms with Gasteiger partial charge in [0, 0.05) is 38.4 Å². The predicted molar refractivity (Wildman–Crippen MR) is 77.0 cm³/mol. The maximum atomic E-state index is 5.55. The quantitative estimate of drug-likeness (QED) is 0.750. The molecule has 0 spiro atoms. The molecule has 1 aromatic heterocycles. The highest BCUT2D eigenvalue weighted by molar-refractivity contribution is 7.80. The second-order valence-electron chi connectivity index (χ2n) is 4.11. The normalized spacial score (nSPS) is 10.4. The summed E-state index contributed by atoms with van der Waals surface area (Å²) >= 11 is 4.92. The molecule has 0 atom stereocenters. The molecule has 0 bridgehead atoms. The first-order valence-corrected chi connectivity index (χ1v) is 6.28. The van der Waals surface area contributed by atoms with E-state index in [1.165, 1.54) is 0 Å². The van der Waals surface area contributed by atoms with Crippen LogP contribution in [-0.4, -0.2) is 41.8 Å². The van der Waals surface area contributed by atoms with Gasteiger partial charge in [-0.2, -0.15) is 0 Å². The lowest BCUT2D eigenvalue weighted by molar-refractivity contribution is 0.205. The summed E-state index contributed by atoms with van der Waals surface area (Å²) in [6.07, 6.45) is 0.668. The maximum Gasteiger partial charge on any atom is 0.132 e. The van der Waals surface area contributed by atoms with E-state index in [1.807, 2.05) is 19.9 Å². The third kappa shape index (κ3) is 4.93. The van der Waals surface area contributed by atoms with Gasteiger partial charge in [0.15, 0.2) is 0 Å². The number of rotatable bonds is 7. The van der Waals surface area contributed by atoms with Crippen LogP contribution in [0.5, 0.6) is 0 Å². The van der Waals surface area contributed by atoms with Crippen LogP contribution in [0.2, 0.25) is 0 Å². The summed E-state index contributed by atoms with van der Waals surface area (Å²) in [4.78, 5) is 11.3. The van der Waals surface area contributed by atoms with Crippen LogP contribution in [-0.2, 0) is 4.74 Å². The summed E-state index contributed by atoms with van der Waals surface area (Å²) in [7, 11) is 1.68. The van der Waals surface area contributed by atoms with E-state index in [2.05, 4.69) is 14.9 Å². The molecule has 1 rings (SSSR count). The Morgan fingerprint density at radius 3 is 2.67 bits per heavy atom. The summed E-state index contributed by atoms with van der Waals surface area (Å²) in [5.41, 5.74) is 6.50. The first kappa shape index (κ1) is 14.8. The third-order valence-electron chi connectivity index (χ3n) is 2.47. The van der Waals surface area contributed by atoms with Crippen molar-refractivity contribution in [3.63, 3.8) is 0 Å². The van der Waals surface area contributed by atoms with Crippen molar-refractivity contribution in [3.8, 4) is 0 Å². The molecule has 0 radical (unpaired) electrons. The Bertz CT molecular complexity index is 391. The smallest absolute Gasteiger partial charge is 0.132 e. The highest BCUT2D eigenvalue weighted by Crippen LogP contribution is 2.12. The zero-order valence-electron chi connectivity index (χ0n) is 11.1. The number of hydrogen-bond donors (Lipinski definition) is 1. The molecular formula is C12H20N4OS. The van der Waals surface area contributed by atoms with Crippen LogP contribution in [0, 0.1) is 13.8 Å². The Balaban J connectivity index is 2.82. The average molecular weight is 268 g/mol. The molecule has 0 unspecified atom stereocenters. The topological polar surface area (TPSA) is 64.3 Å². The molecule has 0 aliphatic rings. The van der Waals surface area contributed by atoms with Crippen molar-refractivity contribution in [2.24, 2.45) is 5.73 Å². The standard InChI is InChI=1S/C12H20N4OS/c1-9-8-12(15-10(2)14-9)16(6-7-17-3)5-4-11(13)18/h8H,4-7H2,1-3H3,(H2,13,18). The second-order valence-corrected chi connectivity index (χ2v) is 4.64. The van der Waals surface area contributed by atoms with Crippen molar-refractivity contribution in [2.45, 2.75) is 20.3 Å². The monoisotopic (exact) mass is 268 g/mol. The molecule has 6 heteroatoms. The minimum atomic E-state index is 0.514. The van der Waals surface area contributed by atoms with Gasteiger partial charge in [0.05, 0.1) is 11.6 Å². The fourth-order valence-corrected chi connectivity index (χ4v) is 1.74. The first-order valence-electron chi connectivity index (χ1n) is 5.87. The lowest BCUT2D eigenvalue weighted by atomic mass is 10.3. The van der Waals surface area contributed by atoms with Gasteiger partial charge in [0.2, 0.25) is 0 Å². The Hall–Kier alpha value is -1.27. The molecule has 0 aromatic carbocycles. The van der Waals surface area contributed by atoms with Crippen LogP contribution in [0.15, 0.2) is 6.07 Å². The Morgan fingerprint density at radius 1 is 1.39 bits per heavy atom. The van der Waals surface area contributed by atoms with Gasteiger partial charge in [-0.3, -0.25) is 0 Å². The average Bonchev–Trinajstić information content (AvgIpc) is 2.27. The van der Waals surface area contributed by atoms with Gasteiger partial charge in [-0.1, -0.05) is 12.2 Å². The fourth-order valence-electron chi connectivity index (χ4n) is 1.65. The molecule has 0 saturated carbocycles. The van der Waals surface area contributed by atoms with Crippen LogP contribution >= 0.6 is 12.2 Å².